The van der Waals surface area contributed by atoms with Crippen molar-refractivity contribution in [2.24, 2.45) is 0 Å². The molecule has 0 aromatic heterocycles. The first kappa shape index (κ1) is 14.7. The molecule has 0 atom stereocenters. The Hall–Kier alpha value is -2.75. The van der Waals surface area contributed by atoms with Gasteiger partial charge in [-0.1, -0.05) is 43.0 Å². The van der Waals surface area contributed by atoms with E-state index in [1.54, 1.807) is 0 Å². The zero-order valence-electron chi connectivity index (χ0n) is 12.0. The van der Waals surface area contributed by atoms with Gasteiger partial charge in [-0.05, 0) is 23.3 Å². The third kappa shape index (κ3) is 4.11. The first-order valence-corrected chi connectivity index (χ1v) is 6.70. The fourth-order valence-corrected chi connectivity index (χ4v) is 1.90. The van der Waals surface area contributed by atoms with E-state index in [0.717, 1.165) is 22.5 Å². The largest absolute Gasteiger partial charge is 0.397 e. The molecule has 0 heterocycles. The molecule has 0 saturated heterocycles. The summed E-state index contributed by atoms with van der Waals surface area (Å²) in [4.78, 5) is 10.9. The van der Waals surface area contributed by atoms with Gasteiger partial charge in [0.15, 0.2) is 0 Å². The second kappa shape index (κ2) is 6.61. The fraction of sp³-hybridized carbons (Fsp3) is 0.118. The van der Waals surface area contributed by atoms with Crippen molar-refractivity contribution < 1.29 is 4.79 Å². The van der Waals surface area contributed by atoms with Crippen LogP contribution in [0.15, 0.2) is 55.1 Å². The second-order valence-corrected chi connectivity index (χ2v) is 4.80. The maximum atomic E-state index is 10.9. The van der Waals surface area contributed by atoms with Crippen molar-refractivity contribution in [2.75, 3.05) is 11.1 Å². The number of carbonyl (C=O) groups excluding carboxylic acids is 1. The van der Waals surface area contributed by atoms with E-state index in [1.165, 1.54) is 6.92 Å². The third-order valence-electron chi connectivity index (χ3n) is 3.09. The molecule has 1 amide bonds. The number of nitrogens with one attached hydrogen (secondary N) is 2. The summed E-state index contributed by atoms with van der Waals surface area (Å²) in [5.74, 6) is -0.0373. The Morgan fingerprint density at radius 1 is 1.14 bits per heavy atom. The van der Waals surface area contributed by atoms with Crippen LogP contribution in [0.4, 0.5) is 11.4 Å². The molecule has 2 rings (SSSR count). The minimum absolute atomic E-state index is 0.0373. The number of carbonyl (C=O) groups is 1. The fourth-order valence-electron chi connectivity index (χ4n) is 1.90. The van der Waals surface area contributed by atoms with E-state index < -0.39 is 0 Å². The van der Waals surface area contributed by atoms with Crippen molar-refractivity contribution >= 4 is 23.0 Å². The molecule has 4 nitrogen and oxygen atoms in total. The molecule has 0 radical (unpaired) electrons. The highest BCUT2D eigenvalue weighted by molar-refractivity contribution is 5.80. The van der Waals surface area contributed by atoms with Crippen LogP contribution in [0.3, 0.4) is 0 Å². The summed E-state index contributed by atoms with van der Waals surface area (Å²) in [7, 11) is 0. The highest BCUT2D eigenvalue weighted by Crippen LogP contribution is 2.22. The molecule has 4 N–H and O–H groups in total. The molecule has 2 aromatic carbocycles. The standard InChI is InChI=1S/C17H19N3O/c1-12(20-17-6-4-3-5-16(17)18)15-9-7-14(8-10-15)11-19-13(2)21/h3-10,20H,1,11,18H2,2H3,(H,19,21). The number of rotatable bonds is 5. The molecular weight excluding hydrogens is 262 g/mol. The molecule has 2 aromatic rings. The minimum Gasteiger partial charge on any atom is -0.397 e. The molecular formula is C17H19N3O. The van der Waals surface area contributed by atoms with Crippen LogP contribution in [0, 0.1) is 0 Å². The summed E-state index contributed by atoms with van der Waals surface area (Å²) < 4.78 is 0. The number of nitrogen functional groups attached to an aromatic ring is 1. The first-order valence-electron chi connectivity index (χ1n) is 6.70. The third-order valence-corrected chi connectivity index (χ3v) is 3.09. The Kier molecular flexibility index (Phi) is 4.61. The minimum atomic E-state index is -0.0373. The van der Waals surface area contributed by atoms with Gasteiger partial charge in [0.2, 0.25) is 5.91 Å². The zero-order chi connectivity index (χ0) is 15.2. The van der Waals surface area contributed by atoms with Crippen molar-refractivity contribution in [3.63, 3.8) is 0 Å². The van der Waals surface area contributed by atoms with E-state index in [-0.39, 0.29) is 5.91 Å². The van der Waals surface area contributed by atoms with Gasteiger partial charge in [0.25, 0.3) is 0 Å². The highest BCUT2D eigenvalue weighted by Gasteiger charge is 2.02. The Labute approximate surface area is 124 Å². The molecule has 0 aliphatic carbocycles. The average Bonchev–Trinajstić information content (AvgIpc) is 2.48. The van der Waals surface area contributed by atoms with Crippen molar-refractivity contribution in [3.8, 4) is 0 Å². The summed E-state index contributed by atoms with van der Waals surface area (Å²) in [5.41, 5.74) is 10.2. The number of amides is 1. The highest BCUT2D eigenvalue weighted by atomic mass is 16.1. The molecule has 0 unspecified atom stereocenters. The van der Waals surface area contributed by atoms with Crippen LogP contribution in [0.2, 0.25) is 0 Å². The van der Waals surface area contributed by atoms with E-state index in [0.29, 0.717) is 12.2 Å². The molecule has 4 heteroatoms. The molecule has 0 fully saturated rings. The van der Waals surface area contributed by atoms with Crippen molar-refractivity contribution in [3.05, 3.63) is 66.2 Å². The normalized spacial score (nSPS) is 9.95. The second-order valence-electron chi connectivity index (χ2n) is 4.80. The maximum absolute atomic E-state index is 10.9. The van der Waals surface area contributed by atoms with E-state index >= 15 is 0 Å². The van der Waals surface area contributed by atoms with Gasteiger partial charge < -0.3 is 16.4 Å². The molecule has 0 aliphatic rings. The van der Waals surface area contributed by atoms with E-state index in [1.807, 2.05) is 48.5 Å². The lowest BCUT2D eigenvalue weighted by atomic mass is 10.1. The van der Waals surface area contributed by atoms with Gasteiger partial charge in [-0.15, -0.1) is 0 Å². The summed E-state index contributed by atoms with van der Waals surface area (Å²) in [5, 5.41) is 5.97. The van der Waals surface area contributed by atoms with E-state index in [9.17, 15) is 4.79 Å². The molecule has 21 heavy (non-hydrogen) atoms. The van der Waals surface area contributed by atoms with Gasteiger partial charge in [-0.2, -0.15) is 0 Å². The van der Waals surface area contributed by atoms with E-state index in [2.05, 4.69) is 17.2 Å². The Balaban J connectivity index is 2.03. The Bertz CT molecular complexity index is 647. The van der Waals surface area contributed by atoms with Gasteiger partial charge in [-0.3, -0.25) is 4.79 Å². The average molecular weight is 281 g/mol. The zero-order valence-corrected chi connectivity index (χ0v) is 12.0. The van der Waals surface area contributed by atoms with Crippen LogP contribution in [0.1, 0.15) is 18.1 Å². The number of benzene rings is 2. The SMILES string of the molecule is C=C(Nc1ccccc1N)c1ccc(CNC(C)=O)cc1. The van der Waals surface area contributed by atoms with Crippen molar-refractivity contribution in [1.29, 1.82) is 0 Å². The van der Waals surface area contributed by atoms with Crippen LogP contribution in [0.5, 0.6) is 0 Å². The number of para-hydroxylation sites is 2. The lowest BCUT2D eigenvalue weighted by molar-refractivity contribution is -0.119. The molecule has 0 aliphatic heterocycles. The van der Waals surface area contributed by atoms with Crippen LogP contribution in [0.25, 0.3) is 5.70 Å². The monoisotopic (exact) mass is 281 g/mol. The smallest absolute Gasteiger partial charge is 0.217 e. The van der Waals surface area contributed by atoms with Gasteiger partial charge in [0.05, 0.1) is 11.4 Å². The van der Waals surface area contributed by atoms with Crippen molar-refractivity contribution in [2.45, 2.75) is 13.5 Å². The topological polar surface area (TPSA) is 67.2 Å². The van der Waals surface area contributed by atoms with Crippen molar-refractivity contribution in [1.82, 2.24) is 5.32 Å². The predicted octanol–water partition coefficient (Wildman–Crippen LogP) is 2.99. The van der Waals surface area contributed by atoms with Gasteiger partial charge in [-0.25, -0.2) is 0 Å². The number of hydrogen-bond donors (Lipinski definition) is 3. The Morgan fingerprint density at radius 3 is 2.43 bits per heavy atom. The molecule has 0 saturated carbocycles. The van der Waals surface area contributed by atoms with Crippen LogP contribution >= 0.6 is 0 Å². The number of anilines is 2. The molecule has 0 bridgehead atoms. The summed E-state index contributed by atoms with van der Waals surface area (Å²) in [6.07, 6.45) is 0. The lowest BCUT2D eigenvalue weighted by Gasteiger charge is -2.12. The summed E-state index contributed by atoms with van der Waals surface area (Å²) in [6.45, 7) is 6.06. The van der Waals surface area contributed by atoms with Crippen LogP contribution < -0.4 is 16.4 Å². The van der Waals surface area contributed by atoms with E-state index in [4.69, 9.17) is 5.73 Å². The molecule has 0 spiro atoms. The lowest BCUT2D eigenvalue weighted by Crippen LogP contribution is -2.18. The summed E-state index contributed by atoms with van der Waals surface area (Å²) in [6, 6.07) is 15.4. The summed E-state index contributed by atoms with van der Waals surface area (Å²) >= 11 is 0. The number of nitrogens with two attached hydrogens (primary N) is 1. The van der Waals surface area contributed by atoms with Crippen LogP contribution in [-0.2, 0) is 11.3 Å². The predicted molar refractivity (Wildman–Crippen MR) is 87.5 cm³/mol. The quantitative estimate of drug-likeness (QED) is 0.738. The number of hydrogen-bond acceptors (Lipinski definition) is 3. The maximum Gasteiger partial charge on any atom is 0.217 e. The van der Waals surface area contributed by atoms with Gasteiger partial charge >= 0.3 is 0 Å². The van der Waals surface area contributed by atoms with Gasteiger partial charge in [0.1, 0.15) is 0 Å². The Morgan fingerprint density at radius 2 is 1.81 bits per heavy atom. The van der Waals surface area contributed by atoms with Gasteiger partial charge in [0, 0.05) is 19.2 Å². The molecule has 108 valence electrons. The van der Waals surface area contributed by atoms with Crippen LogP contribution in [-0.4, -0.2) is 5.91 Å². The first-order chi connectivity index (χ1) is 10.1.